The van der Waals surface area contributed by atoms with E-state index in [9.17, 15) is 4.79 Å². The molecular weight excluding hydrogens is 244 g/mol. The van der Waals surface area contributed by atoms with Gasteiger partial charge in [0, 0.05) is 17.2 Å². The van der Waals surface area contributed by atoms with E-state index >= 15 is 0 Å². The van der Waals surface area contributed by atoms with E-state index in [0.29, 0.717) is 10.8 Å². The van der Waals surface area contributed by atoms with E-state index in [2.05, 4.69) is 9.98 Å². The highest BCUT2D eigenvalue weighted by molar-refractivity contribution is 7.13. The zero-order valence-corrected chi connectivity index (χ0v) is 9.79. The van der Waals surface area contributed by atoms with Crippen LogP contribution in [0.2, 0.25) is 0 Å². The van der Waals surface area contributed by atoms with Gasteiger partial charge in [-0.3, -0.25) is 4.79 Å². The number of thiophene rings is 1. The third kappa shape index (κ3) is 2.98. The van der Waals surface area contributed by atoms with Crippen LogP contribution < -0.4 is 0 Å². The molecule has 2 rings (SSSR count). The molecule has 0 atom stereocenters. The molecule has 4 nitrogen and oxygen atoms in total. The van der Waals surface area contributed by atoms with Gasteiger partial charge in [0.2, 0.25) is 5.13 Å². The minimum atomic E-state index is -0.876. The topological polar surface area (TPSA) is 62.5 Å². The summed E-state index contributed by atoms with van der Waals surface area (Å²) >= 11 is 2.95. The Bertz CT molecular complexity index is 503. The lowest BCUT2D eigenvalue weighted by atomic mass is 10.3. The highest BCUT2D eigenvalue weighted by Crippen LogP contribution is 2.19. The van der Waals surface area contributed by atoms with Crippen molar-refractivity contribution in [1.82, 2.24) is 4.98 Å². The van der Waals surface area contributed by atoms with Gasteiger partial charge in [0.05, 0.1) is 12.1 Å². The number of carbonyl (C=O) groups is 1. The molecule has 0 aromatic carbocycles. The van der Waals surface area contributed by atoms with Gasteiger partial charge in [-0.1, -0.05) is 0 Å². The predicted octanol–water partition coefficient (Wildman–Crippen LogP) is 2.58. The number of aliphatic carboxylic acids is 1. The summed E-state index contributed by atoms with van der Waals surface area (Å²) in [4.78, 5) is 18.7. The van der Waals surface area contributed by atoms with Crippen LogP contribution in [-0.4, -0.2) is 22.3 Å². The van der Waals surface area contributed by atoms with E-state index < -0.39 is 5.97 Å². The monoisotopic (exact) mass is 252 g/mol. The number of thiazole rings is 1. The molecule has 0 saturated heterocycles. The highest BCUT2D eigenvalue weighted by Gasteiger charge is 2.04. The Balaban J connectivity index is 2.05. The molecule has 0 fully saturated rings. The number of nitrogens with zero attached hydrogens (tertiary/aromatic N) is 2. The maximum atomic E-state index is 10.5. The van der Waals surface area contributed by atoms with E-state index in [-0.39, 0.29) is 6.42 Å². The number of carboxylic acids is 1. The van der Waals surface area contributed by atoms with Crippen molar-refractivity contribution < 1.29 is 9.90 Å². The van der Waals surface area contributed by atoms with Crippen molar-refractivity contribution in [3.63, 3.8) is 0 Å². The summed E-state index contributed by atoms with van der Waals surface area (Å²) in [6, 6.07) is 1.96. The van der Waals surface area contributed by atoms with E-state index in [0.717, 1.165) is 5.56 Å². The molecule has 6 heteroatoms. The van der Waals surface area contributed by atoms with Crippen LogP contribution in [-0.2, 0) is 11.2 Å². The molecule has 2 heterocycles. The molecule has 0 amide bonds. The van der Waals surface area contributed by atoms with Crippen LogP contribution in [0, 0.1) is 0 Å². The first kappa shape index (κ1) is 11.0. The Kier molecular flexibility index (Phi) is 3.43. The van der Waals surface area contributed by atoms with Crippen molar-refractivity contribution >= 4 is 40.0 Å². The highest BCUT2D eigenvalue weighted by atomic mass is 32.1. The molecule has 0 aliphatic carbocycles. The maximum absolute atomic E-state index is 10.5. The van der Waals surface area contributed by atoms with Crippen molar-refractivity contribution in [2.75, 3.05) is 0 Å². The minimum absolute atomic E-state index is 0.0511. The lowest BCUT2D eigenvalue weighted by Crippen LogP contribution is -1.99. The summed E-state index contributed by atoms with van der Waals surface area (Å²) in [5.74, 6) is -0.876. The van der Waals surface area contributed by atoms with Gasteiger partial charge in [-0.2, -0.15) is 11.3 Å². The van der Waals surface area contributed by atoms with E-state index in [1.807, 2.05) is 16.8 Å². The summed E-state index contributed by atoms with van der Waals surface area (Å²) in [5, 5.41) is 14.8. The van der Waals surface area contributed by atoms with E-state index in [1.165, 1.54) is 11.3 Å². The molecule has 0 unspecified atom stereocenters. The average Bonchev–Trinajstić information content (AvgIpc) is 2.84. The molecular formula is C10H8N2O2S2. The second-order valence-corrected chi connectivity index (χ2v) is 4.62. The van der Waals surface area contributed by atoms with Gasteiger partial charge in [0.1, 0.15) is 0 Å². The van der Waals surface area contributed by atoms with Crippen molar-refractivity contribution in [2.45, 2.75) is 6.42 Å². The first-order chi connectivity index (χ1) is 7.74. The lowest BCUT2D eigenvalue weighted by Gasteiger charge is -1.86. The van der Waals surface area contributed by atoms with Crippen molar-refractivity contribution in [1.29, 1.82) is 0 Å². The van der Waals surface area contributed by atoms with Gasteiger partial charge in [-0.05, 0) is 16.8 Å². The molecule has 0 aliphatic rings. The van der Waals surface area contributed by atoms with Crippen molar-refractivity contribution in [3.05, 3.63) is 33.5 Å². The zero-order valence-electron chi connectivity index (χ0n) is 8.16. The Hall–Kier alpha value is -1.53. The average molecular weight is 252 g/mol. The standard InChI is InChI=1S/C10H8N2O2S2/c13-9(14)3-8-6-16-10(12-8)11-4-7-1-2-15-5-7/h1-2,4-6H,3H2,(H,13,14)/b11-4+. The molecule has 82 valence electrons. The van der Waals surface area contributed by atoms with Crippen molar-refractivity contribution in [2.24, 2.45) is 4.99 Å². The smallest absolute Gasteiger partial charge is 0.309 e. The third-order valence-corrected chi connectivity index (χ3v) is 3.24. The fourth-order valence-corrected chi connectivity index (χ4v) is 2.34. The van der Waals surface area contributed by atoms with Gasteiger partial charge in [0.25, 0.3) is 0 Å². The number of rotatable bonds is 4. The largest absolute Gasteiger partial charge is 0.481 e. The van der Waals surface area contributed by atoms with E-state index in [4.69, 9.17) is 5.11 Å². The number of carboxylic acid groups (broad SMARTS) is 1. The van der Waals surface area contributed by atoms with Crippen LogP contribution in [0.4, 0.5) is 5.13 Å². The molecule has 2 aromatic heterocycles. The number of aliphatic imine (C=N–C) groups is 1. The summed E-state index contributed by atoms with van der Waals surface area (Å²) in [7, 11) is 0. The molecule has 0 aliphatic heterocycles. The van der Waals surface area contributed by atoms with Crippen LogP contribution >= 0.6 is 22.7 Å². The van der Waals surface area contributed by atoms with Gasteiger partial charge >= 0.3 is 5.97 Å². The first-order valence-corrected chi connectivity index (χ1v) is 6.29. The normalized spacial score (nSPS) is 11.0. The SMILES string of the molecule is O=C(O)Cc1csc(/N=C/c2ccsc2)n1. The van der Waals surface area contributed by atoms with Crippen LogP contribution in [0.3, 0.4) is 0 Å². The predicted molar refractivity (Wildman–Crippen MR) is 65.0 cm³/mol. The van der Waals surface area contributed by atoms with Gasteiger partial charge < -0.3 is 5.11 Å². The first-order valence-electron chi connectivity index (χ1n) is 4.46. The van der Waals surface area contributed by atoms with E-state index in [1.54, 1.807) is 22.9 Å². The maximum Gasteiger partial charge on any atom is 0.309 e. The summed E-state index contributed by atoms with van der Waals surface area (Å²) in [6.07, 6.45) is 1.67. The third-order valence-electron chi connectivity index (χ3n) is 1.74. The van der Waals surface area contributed by atoms with Gasteiger partial charge in [0.15, 0.2) is 0 Å². The molecule has 0 saturated carbocycles. The number of aromatic nitrogens is 1. The molecule has 0 radical (unpaired) electrons. The Labute approximate surface area is 99.9 Å². The fourth-order valence-electron chi connectivity index (χ4n) is 1.07. The van der Waals surface area contributed by atoms with Crippen LogP contribution in [0.5, 0.6) is 0 Å². The molecule has 2 aromatic rings. The Morgan fingerprint density at radius 2 is 2.44 bits per heavy atom. The Morgan fingerprint density at radius 1 is 1.56 bits per heavy atom. The second kappa shape index (κ2) is 5.00. The molecule has 1 N–H and O–H groups in total. The lowest BCUT2D eigenvalue weighted by molar-refractivity contribution is -0.136. The van der Waals surface area contributed by atoms with Crippen LogP contribution in [0.15, 0.2) is 27.2 Å². The minimum Gasteiger partial charge on any atom is -0.481 e. The van der Waals surface area contributed by atoms with Crippen LogP contribution in [0.1, 0.15) is 11.3 Å². The number of hydrogen-bond donors (Lipinski definition) is 1. The van der Waals surface area contributed by atoms with Gasteiger partial charge in [-0.15, -0.1) is 11.3 Å². The number of hydrogen-bond acceptors (Lipinski definition) is 5. The molecule has 16 heavy (non-hydrogen) atoms. The second-order valence-electron chi connectivity index (χ2n) is 3.01. The summed E-state index contributed by atoms with van der Waals surface area (Å²) < 4.78 is 0. The summed E-state index contributed by atoms with van der Waals surface area (Å²) in [6.45, 7) is 0. The zero-order chi connectivity index (χ0) is 11.4. The van der Waals surface area contributed by atoms with Gasteiger partial charge in [-0.25, -0.2) is 9.98 Å². The summed E-state index contributed by atoms with van der Waals surface area (Å²) in [5.41, 5.74) is 1.58. The Morgan fingerprint density at radius 3 is 3.12 bits per heavy atom. The quantitative estimate of drug-likeness (QED) is 0.851. The fraction of sp³-hybridized carbons (Fsp3) is 0.100. The molecule has 0 spiro atoms. The molecule has 0 bridgehead atoms. The van der Waals surface area contributed by atoms with Crippen molar-refractivity contribution in [3.8, 4) is 0 Å². The van der Waals surface area contributed by atoms with Crippen LogP contribution in [0.25, 0.3) is 0 Å².